The summed E-state index contributed by atoms with van der Waals surface area (Å²) in [6.45, 7) is 3.69. The van der Waals surface area contributed by atoms with Gasteiger partial charge in [-0.05, 0) is 31.2 Å². The van der Waals surface area contributed by atoms with E-state index < -0.39 is 0 Å². The molecule has 1 atom stereocenters. The number of carbonyl (C=O) groups is 1. The Bertz CT molecular complexity index is 618. The molecule has 1 saturated heterocycles. The van der Waals surface area contributed by atoms with Gasteiger partial charge in [-0.1, -0.05) is 6.07 Å². The molecule has 3 rings (SSSR count). The molecule has 5 heteroatoms. The first-order valence-corrected chi connectivity index (χ1v) is 8.31. The number of carbonyl (C=O) groups excluding carboxylic acids is 1. The molecular formula is C16H21N3OS. The third kappa shape index (κ3) is 3.18. The van der Waals surface area contributed by atoms with Crippen molar-refractivity contribution < 1.29 is 4.79 Å². The molecule has 1 aliphatic rings. The number of thiophene rings is 1. The Morgan fingerprint density at radius 1 is 1.52 bits per heavy atom. The second-order valence-corrected chi connectivity index (χ2v) is 6.79. The average molecular weight is 303 g/mol. The Morgan fingerprint density at radius 2 is 2.38 bits per heavy atom. The summed E-state index contributed by atoms with van der Waals surface area (Å²) in [5.74, 6) is 1.77. The second kappa shape index (κ2) is 6.02. The van der Waals surface area contributed by atoms with Crippen molar-refractivity contribution in [3.05, 3.63) is 40.1 Å². The maximum atomic E-state index is 12.3. The van der Waals surface area contributed by atoms with Gasteiger partial charge in [0.2, 0.25) is 5.91 Å². The number of hydrogen-bond donors (Lipinski definition) is 0. The van der Waals surface area contributed by atoms with Crippen LogP contribution in [0.2, 0.25) is 0 Å². The van der Waals surface area contributed by atoms with Gasteiger partial charge < -0.3 is 9.47 Å². The quantitative estimate of drug-likeness (QED) is 0.871. The molecular weight excluding hydrogens is 282 g/mol. The van der Waals surface area contributed by atoms with E-state index >= 15 is 0 Å². The lowest BCUT2D eigenvalue weighted by molar-refractivity contribution is -0.130. The van der Waals surface area contributed by atoms with Gasteiger partial charge in [-0.25, -0.2) is 4.98 Å². The van der Waals surface area contributed by atoms with Crippen LogP contribution in [0.4, 0.5) is 0 Å². The summed E-state index contributed by atoms with van der Waals surface area (Å²) in [4.78, 5) is 20.2. The Hall–Kier alpha value is -1.62. The number of aryl methyl sites for hydroxylation is 3. The van der Waals surface area contributed by atoms with E-state index in [1.807, 2.05) is 24.9 Å². The van der Waals surface area contributed by atoms with E-state index in [0.717, 1.165) is 37.4 Å². The zero-order valence-electron chi connectivity index (χ0n) is 12.6. The summed E-state index contributed by atoms with van der Waals surface area (Å²) in [7, 11) is 2.04. The highest BCUT2D eigenvalue weighted by molar-refractivity contribution is 7.09. The Morgan fingerprint density at radius 3 is 3.05 bits per heavy atom. The number of likely N-dealkylation sites (tertiary alicyclic amines) is 1. The molecule has 3 heterocycles. The van der Waals surface area contributed by atoms with E-state index in [-0.39, 0.29) is 5.91 Å². The number of rotatable bonds is 4. The van der Waals surface area contributed by atoms with Gasteiger partial charge in [0.15, 0.2) is 0 Å². The third-order valence-corrected chi connectivity index (χ3v) is 5.04. The standard InChI is InChI=1S/C16H21N3OS/c1-12-10-18(2)16(17-12)13-7-8-19(11-13)15(20)6-5-14-4-3-9-21-14/h3-4,9-10,13H,5-8,11H2,1-2H3/t13-/m0/s1. The Labute approximate surface area is 129 Å². The van der Waals surface area contributed by atoms with E-state index in [1.54, 1.807) is 11.3 Å². The first kappa shape index (κ1) is 14.3. The lowest BCUT2D eigenvalue weighted by atomic mass is 10.1. The predicted molar refractivity (Wildman–Crippen MR) is 84.5 cm³/mol. The van der Waals surface area contributed by atoms with Gasteiger partial charge in [-0.2, -0.15) is 0 Å². The minimum Gasteiger partial charge on any atom is -0.342 e. The molecule has 1 fully saturated rings. The molecule has 0 aromatic carbocycles. The molecule has 0 saturated carbocycles. The predicted octanol–water partition coefficient (Wildman–Crippen LogP) is 2.74. The fraction of sp³-hybridized carbons (Fsp3) is 0.500. The van der Waals surface area contributed by atoms with E-state index in [2.05, 4.69) is 27.2 Å². The SMILES string of the molecule is Cc1cn(C)c([C@H]2CCN(C(=O)CCc3cccs3)C2)n1. The first-order valence-electron chi connectivity index (χ1n) is 7.43. The zero-order valence-corrected chi connectivity index (χ0v) is 13.4. The lowest BCUT2D eigenvalue weighted by Gasteiger charge is -2.16. The van der Waals surface area contributed by atoms with Gasteiger partial charge >= 0.3 is 0 Å². The van der Waals surface area contributed by atoms with Crippen LogP contribution in [-0.4, -0.2) is 33.4 Å². The topological polar surface area (TPSA) is 38.1 Å². The molecule has 1 amide bonds. The van der Waals surface area contributed by atoms with Gasteiger partial charge in [0, 0.05) is 43.5 Å². The largest absolute Gasteiger partial charge is 0.342 e. The van der Waals surface area contributed by atoms with Crippen molar-refractivity contribution in [1.29, 1.82) is 0 Å². The monoisotopic (exact) mass is 303 g/mol. The molecule has 1 aliphatic heterocycles. The number of nitrogens with zero attached hydrogens (tertiary/aromatic N) is 3. The van der Waals surface area contributed by atoms with Crippen LogP contribution >= 0.6 is 11.3 Å². The van der Waals surface area contributed by atoms with Gasteiger partial charge in [-0.15, -0.1) is 11.3 Å². The Balaban J connectivity index is 1.56. The van der Waals surface area contributed by atoms with Crippen LogP contribution in [0.3, 0.4) is 0 Å². The molecule has 0 aliphatic carbocycles. The van der Waals surface area contributed by atoms with Gasteiger partial charge in [-0.3, -0.25) is 4.79 Å². The molecule has 0 radical (unpaired) electrons. The minimum absolute atomic E-state index is 0.275. The molecule has 2 aromatic heterocycles. The summed E-state index contributed by atoms with van der Waals surface area (Å²) in [5.41, 5.74) is 1.05. The van der Waals surface area contributed by atoms with Crippen LogP contribution in [0, 0.1) is 6.92 Å². The summed E-state index contributed by atoms with van der Waals surface area (Å²) in [6, 6.07) is 4.14. The van der Waals surface area contributed by atoms with Crippen LogP contribution < -0.4 is 0 Å². The molecule has 0 unspecified atom stereocenters. The smallest absolute Gasteiger partial charge is 0.222 e. The summed E-state index contributed by atoms with van der Waals surface area (Å²) in [5, 5.41) is 2.06. The van der Waals surface area contributed by atoms with Crippen LogP contribution in [0.5, 0.6) is 0 Å². The van der Waals surface area contributed by atoms with Gasteiger partial charge in [0.05, 0.1) is 5.69 Å². The van der Waals surface area contributed by atoms with Crippen molar-refractivity contribution in [2.75, 3.05) is 13.1 Å². The summed E-state index contributed by atoms with van der Waals surface area (Å²) in [6.07, 6.45) is 4.55. The summed E-state index contributed by atoms with van der Waals surface area (Å²) >= 11 is 1.73. The van der Waals surface area contributed by atoms with Crippen LogP contribution in [0.1, 0.15) is 35.2 Å². The maximum Gasteiger partial charge on any atom is 0.222 e. The number of aromatic nitrogens is 2. The van der Waals surface area contributed by atoms with E-state index in [1.165, 1.54) is 4.88 Å². The molecule has 0 N–H and O–H groups in total. The van der Waals surface area contributed by atoms with Crippen molar-refractivity contribution in [2.45, 2.75) is 32.1 Å². The fourth-order valence-electron chi connectivity index (χ4n) is 3.05. The number of hydrogen-bond acceptors (Lipinski definition) is 3. The molecule has 21 heavy (non-hydrogen) atoms. The van der Waals surface area contributed by atoms with Crippen LogP contribution in [0.25, 0.3) is 0 Å². The first-order chi connectivity index (χ1) is 10.1. The van der Waals surface area contributed by atoms with Crippen molar-refractivity contribution in [3.63, 3.8) is 0 Å². The van der Waals surface area contributed by atoms with E-state index in [4.69, 9.17) is 0 Å². The highest BCUT2D eigenvalue weighted by Crippen LogP contribution is 2.27. The second-order valence-electron chi connectivity index (χ2n) is 5.76. The Kier molecular flexibility index (Phi) is 4.10. The van der Waals surface area contributed by atoms with Crippen molar-refractivity contribution >= 4 is 17.2 Å². The zero-order chi connectivity index (χ0) is 14.8. The number of amides is 1. The lowest BCUT2D eigenvalue weighted by Crippen LogP contribution is -2.28. The van der Waals surface area contributed by atoms with Crippen LogP contribution in [0.15, 0.2) is 23.7 Å². The molecule has 2 aromatic rings. The molecule has 112 valence electrons. The van der Waals surface area contributed by atoms with Crippen molar-refractivity contribution in [2.24, 2.45) is 7.05 Å². The maximum absolute atomic E-state index is 12.3. The minimum atomic E-state index is 0.275. The summed E-state index contributed by atoms with van der Waals surface area (Å²) < 4.78 is 2.10. The number of imidazole rings is 1. The average Bonchev–Trinajstić information content (AvgIpc) is 3.16. The van der Waals surface area contributed by atoms with Crippen LogP contribution in [-0.2, 0) is 18.3 Å². The van der Waals surface area contributed by atoms with E-state index in [0.29, 0.717) is 12.3 Å². The van der Waals surface area contributed by atoms with Crippen molar-refractivity contribution in [3.8, 4) is 0 Å². The molecule has 0 bridgehead atoms. The van der Waals surface area contributed by atoms with Crippen molar-refractivity contribution in [1.82, 2.24) is 14.5 Å². The van der Waals surface area contributed by atoms with Gasteiger partial charge in [0.1, 0.15) is 5.82 Å². The molecule has 4 nitrogen and oxygen atoms in total. The highest BCUT2D eigenvalue weighted by atomic mass is 32.1. The highest BCUT2D eigenvalue weighted by Gasteiger charge is 2.29. The molecule has 0 spiro atoms. The van der Waals surface area contributed by atoms with Gasteiger partial charge in [0.25, 0.3) is 0 Å². The fourth-order valence-corrected chi connectivity index (χ4v) is 3.76. The van der Waals surface area contributed by atoms with E-state index in [9.17, 15) is 4.79 Å². The normalized spacial score (nSPS) is 18.4. The third-order valence-electron chi connectivity index (χ3n) is 4.10.